The first kappa shape index (κ1) is 7.07. The molecule has 1 heterocycles. The molecular formula is C4H8N2O3S. The van der Waals surface area contributed by atoms with Crippen molar-refractivity contribution in [3.8, 4) is 0 Å². The molecule has 0 fully saturated rings. The maximum absolute atomic E-state index is 10.5. The van der Waals surface area contributed by atoms with Crippen molar-refractivity contribution in [2.45, 2.75) is 0 Å². The molecule has 1 N–H and O–H groups in total. The molecule has 1 rings (SSSR count). The fourth-order valence-corrected chi connectivity index (χ4v) is 0.850. The van der Waals surface area contributed by atoms with Gasteiger partial charge in [-0.05, 0) is 0 Å². The Kier molecular flexibility index (Phi) is 1.62. The lowest BCUT2D eigenvalue weighted by molar-refractivity contribution is 0.572. The van der Waals surface area contributed by atoms with Crippen LogP contribution in [0, 0.1) is 0 Å². The van der Waals surface area contributed by atoms with E-state index in [1.807, 2.05) is 0 Å². The van der Waals surface area contributed by atoms with Gasteiger partial charge in [0.1, 0.15) is 6.26 Å². The molecule has 0 saturated heterocycles. The van der Waals surface area contributed by atoms with Gasteiger partial charge < -0.3 is 4.42 Å². The van der Waals surface area contributed by atoms with Gasteiger partial charge in [-0.2, -0.15) is 0 Å². The largest absolute Gasteiger partial charge is 0.432 e. The van der Waals surface area contributed by atoms with Gasteiger partial charge in [0.25, 0.3) is 0 Å². The summed E-state index contributed by atoms with van der Waals surface area (Å²) in [5.74, 6) is 0. The first-order chi connectivity index (χ1) is 4.58. The maximum Gasteiger partial charge on any atom is 0.308 e. The van der Waals surface area contributed by atoms with Gasteiger partial charge in [-0.25, -0.2) is 18.1 Å². The van der Waals surface area contributed by atoms with E-state index in [4.69, 9.17) is 0 Å². The Bertz CT molecular complexity index is 293. The van der Waals surface area contributed by atoms with Crippen LogP contribution in [0.3, 0.4) is 0 Å². The Morgan fingerprint density at radius 1 is 1.80 bits per heavy atom. The van der Waals surface area contributed by atoms with Crippen LogP contribution >= 0.6 is 0 Å². The smallest absolute Gasteiger partial charge is 0.308 e. The first-order valence-electron chi connectivity index (χ1n) is 2.45. The minimum absolute atomic E-state index is 0. The predicted octanol–water partition coefficient (Wildman–Crippen LogP) is 0.292. The second-order valence-electron chi connectivity index (χ2n) is 1.71. The van der Waals surface area contributed by atoms with Gasteiger partial charge in [0.15, 0.2) is 0 Å². The van der Waals surface area contributed by atoms with Crippen LogP contribution in [0.1, 0.15) is 1.43 Å². The highest BCUT2D eigenvalue weighted by molar-refractivity contribution is 7.91. The molecule has 58 valence electrons. The number of nitrogens with zero attached hydrogens (tertiary/aromatic N) is 1. The van der Waals surface area contributed by atoms with E-state index < -0.39 is 10.0 Å². The average Bonchev–Trinajstić information content (AvgIpc) is 2.12. The summed E-state index contributed by atoms with van der Waals surface area (Å²) in [7, 11) is -3.25. The zero-order valence-corrected chi connectivity index (χ0v) is 6.05. The fourth-order valence-electron chi connectivity index (χ4n) is 0.432. The van der Waals surface area contributed by atoms with Crippen molar-refractivity contribution in [2.75, 3.05) is 11.0 Å². The van der Waals surface area contributed by atoms with E-state index in [0.29, 0.717) is 0 Å². The number of nitrogens with one attached hydrogen (secondary N) is 1. The molecule has 0 radical (unpaired) electrons. The van der Waals surface area contributed by atoms with Crippen molar-refractivity contribution in [1.29, 1.82) is 0 Å². The highest BCUT2D eigenvalue weighted by atomic mass is 32.2. The lowest BCUT2D eigenvalue weighted by atomic mass is 11.0. The topological polar surface area (TPSA) is 72.2 Å². The second-order valence-corrected chi connectivity index (χ2v) is 3.46. The number of oxazole rings is 1. The highest BCUT2D eigenvalue weighted by Gasteiger charge is 2.03. The van der Waals surface area contributed by atoms with Crippen LogP contribution in [0.15, 0.2) is 16.9 Å². The summed E-state index contributed by atoms with van der Waals surface area (Å²) < 4.78 is 27.6. The molecule has 6 heteroatoms. The Labute approximate surface area is 59.6 Å². The van der Waals surface area contributed by atoms with Crippen LogP contribution in [-0.2, 0) is 10.0 Å². The SMILES string of the molecule is CS(=O)(=O)Nc1ncco1.[HH]. The Morgan fingerprint density at radius 2 is 2.50 bits per heavy atom. The van der Waals surface area contributed by atoms with Crippen LogP contribution in [0.2, 0.25) is 0 Å². The summed E-state index contributed by atoms with van der Waals surface area (Å²) in [6, 6.07) is -0.0116. The molecule has 0 aliphatic heterocycles. The maximum atomic E-state index is 10.5. The monoisotopic (exact) mass is 164 g/mol. The van der Waals surface area contributed by atoms with Crippen molar-refractivity contribution in [2.24, 2.45) is 0 Å². The van der Waals surface area contributed by atoms with E-state index in [2.05, 4.69) is 14.1 Å². The van der Waals surface area contributed by atoms with Crippen molar-refractivity contribution in [3.05, 3.63) is 12.5 Å². The lowest BCUT2D eigenvalue weighted by Gasteiger charge is -1.94. The van der Waals surface area contributed by atoms with Gasteiger partial charge in [-0.1, -0.05) is 0 Å². The molecule has 0 aliphatic rings. The standard InChI is InChI=1S/C4H6N2O3S.H2/c1-10(7,8)6-4-5-2-3-9-4;/h2-3H,1H3,(H,5,6);1H. The van der Waals surface area contributed by atoms with Crippen LogP contribution in [-0.4, -0.2) is 19.7 Å². The molecule has 0 atom stereocenters. The van der Waals surface area contributed by atoms with Gasteiger partial charge in [0.05, 0.1) is 12.5 Å². The van der Waals surface area contributed by atoms with Crippen molar-refractivity contribution in [1.82, 2.24) is 4.98 Å². The zero-order chi connectivity index (χ0) is 7.61. The van der Waals surface area contributed by atoms with Crippen molar-refractivity contribution in [3.63, 3.8) is 0 Å². The molecule has 0 aliphatic carbocycles. The van der Waals surface area contributed by atoms with E-state index in [-0.39, 0.29) is 7.44 Å². The van der Waals surface area contributed by atoms with Crippen LogP contribution < -0.4 is 4.72 Å². The molecule has 0 amide bonds. The fraction of sp³-hybridized carbons (Fsp3) is 0.250. The molecule has 0 aromatic carbocycles. The molecule has 0 bridgehead atoms. The van der Waals surface area contributed by atoms with Gasteiger partial charge in [-0.3, -0.25) is 0 Å². The number of anilines is 1. The van der Waals surface area contributed by atoms with Gasteiger partial charge in [0, 0.05) is 1.43 Å². The third kappa shape index (κ3) is 2.06. The number of hydrogen-bond acceptors (Lipinski definition) is 4. The first-order valence-corrected chi connectivity index (χ1v) is 4.34. The molecule has 5 nitrogen and oxygen atoms in total. The van der Waals surface area contributed by atoms with Crippen molar-refractivity contribution < 1.29 is 14.3 Å². The summed E-state index contributed by atoms with van der Waals surface area (Å²) in [4.78, 5) is 3.54. The van der Waals surface area contributed by atoms with E-state index in [0.717, 1.165) is 6.26 Å². The molecule has 10 heavy (non-hydrogen) atoms. The molecule has 1 aromatic heterocycles. The summed E-state index contributed by atoms with van der Waals surface area (Å²) in [6.45, 7) is 0. The summed E-state index contributed by atoms with van der Waals surface area (Å²) in [5, 5.41) is 0. The van der Waals surface area contributed by atoms with Crippen LogP contribution in [0.4, 0.5) is 6.01 Å². The number of hydrogen-bond donors (Lipinski definition) is 1. The summed E-state index contributed by atoms with van der Waals surface area (Å²) in [5.41, 5.74) is 0. The van der Waals surface area contributed by atoms with Crippen LogP contribution in [0.25, 0.3) is 0 Å². The molecular weight excluding hydrogens is 156 g/mol. The average molecular weight is 164 g/mol. The zero-order valence-electron chi connectivity index (χ0n) is 5.23. The van der Waals surface area contributed by atoms with E-state index in [1.165, 1.54) is 12.5 Å². The van der Waals surface area contributed by atoms with E-state index in [1.54, 1.807) is 0 Å². The Hall–Kier alpha value is -1.04. The minimum Gasteiger partial charge on any atom is -0.432 e. The van der Waals surface area contributed by atoms with Gasteiger partial charge in [0.2, 0.25) is 10.0 Å². The molecule has 0 unspecified atom stereocenters. The predicted molar refractivity (Wildman–Crippen MR) is 37.1 cm³/mol. The normalized spacial score (nSPS) is 11.3. The Balaban J connectivity index is 0.000001000. The minimum atomic E-state index is -3.25. The summed E-state index contributed by atoms with van der Waals surface area (Å²) >= 11 is 0. The highest BCUT2D eigenvalue weighted by Crippen LogP contribution is 2.01. The number of aromatic nitrogens is 1. The van der Waals surface area contributed by atoms with Crippen molar-refractivity contribution >= 4 is 16.0 Å². The lowest BCUT2D eigenvalue weighted by Crippen LogP contribution is -2.09. The molecule has 0 spiro atoms. The third-order valence-electron chi connectivity index (χ3n) is 0.705. The van der Waals surface area contributed by atoms with Gasteiger partial charge >= 0.3 is 6.01 Å². The Morgan fingerprint density at radius 3 is 2.90 bits per heavy atom. The van der Waals surface area contributed by atoms with Crippen LogP contribution in [0.5, 0.6) is 0 Å². The number of rotatable bonds is 2. The summed E-state index contributed by atoms with van der Waals surface area (Å²) in [6.07, 6.45) is 3.66. The molecule has 1 aromatic rings. The molecule has 0 saturated carbocycles. The van der Waals surface area contributed by atoms with E-state index in [9.17, 15) is 8.42 Å². The third-order valence-corrected chi connectivity index (χ3v) is 1.25. The van der Waals surface area contributed by atoms with E-state index >= 15 is 0 Å². The second kappa shape index (κ2) is 2.30. The van der Waals surface area contributed by atoms with Gasteiger partial charge in [-0.15, -0.1) is 0 Å². The quantitative estimate of drug-likeness (QED) is 0.682. The number of sulfonamides is 1.